The van der Waals surface area contributed by atoms with Gasteiger partial charge in [-0.2, -0.15) is 0 Å². The van der Waals surface area contributed by atoms with E-state index in [1.807, 2.05) is 0 Å². The molecular formula is C14H26N4. The normalized spacial score (nSPS) is 11.0. The number of aromatic nitrogens is 2. The average Bonchev–Trinajstić information content (AvgIpc) is 2.33. The summed E-state index contributed by atoms with van der Waals surface area (Å²) in [6.45, 7) is 8.35. The molecule has 0 fully saturated rings. The lowest BCUT2D eigenvalue weighted by Crippen LogP contribution is -2.18. The van der Waals surface area contributed by atoms with Gasteiger partial charge >= 0.3 is 0 Å². The number of aryl methyl sites for hydroxylation is 1. The van der Waals surface area contributed by atoms with Gasteiger partial charge in [-0.1, -0.05) is 13.8 Å². The first-order valence-electron chi connectivity index (χ1n) is 6.83. The van der Waals surface area contributed by atoms with Crippen molar-refractivity contribution in [1.82, 2.24) is 14.9 Å². The second-order valence-corrected chi connectivity index (χ2v) is 4.89. The van der Waals surface area contributed by atoms with Gasteiger partial charge < -0.3 is 10.2 Å². The minimum Gasteiger partial charge on any atom is -0.370 e. The topological polar surface area (TPSA) is 41.1 Å². The van der Waals surface area contributed by atoms with E-state index in [9.17, 15) is 0 Å². The summed E-state index contributed by atoms with van der Waals surface area (Å²) in [7, 11) is 4.15. The Morgan fingerprint density at radius 1 is 1.17 bits per heavy atom. The molecule has 0 spiro atoms. The predicted molar refractivity (Wildman–Crippen MR) is 77.2 cm³/mol. The highest BCUT2D eigenvalue weighted by atomic mass is 15.1. The molecule has 0 bridgehead atoms. The summed E-state index contributed by atoms with van der Waals surface area (Å²) in [6.07, 6.45) is 2.99. The molecule has 0 amide bonds. The molecule has 0 unspecified atom stereocenters. The Labute approximate surface area is 111 Å². The molecule has 1 rings (SSSR count). The van der Waals surface area contributed by atoms with Gasteiger partial charge in [0, 0.05) is 30.8 Å². The van der Waals surface area contributed by atoms with Crippen LogP contribution in [0.5, 0.6) is 0 Å². The molecule has 1 heterocycles. The van der Waals surface area contributed by atoms with E-state index < -0.39 is 0 Å². The fraction of sp³-hybridized carbons (Fsp3) is 0.714. The molecule has 102 valence electrons. The molecule has 0 atom stereocenters. The first-order chi connectivity index (χ1) is 8.58. The molecule has 0 radical (unpaired) electrons. The maximum atomic E-state index is 4.66. The quantitative estimate of drug-likeness (QED) is 0.806. The van der Waals surface area contributed by atoms with Crippen LogP contribution in [0.3, 0.4) is 0 Å². The van der Waals surface area contributed by atoms with Crippen molar-refractivity contribution in [3.63, 3.8) is 0 Å². The van der Waals surface area contributed by atoms with E-state index in [2.05, 4.69) is 55.1 Å². The number of anilines is 1. The average molecular weight is 250 g/mol. The fourth-order valence-corrected chi connectivity index (χ4v) is 1.90. The van der Waals surface area contributed by atoms with E-state index in [1.165, 1.54) is 5.56 Å². The number of likely N-dealkylation sites (N-methyl/N-ethyl adjacent to an activating group) is 1. The van der Waals surface area contributed by atoms with E-state index >= 15 is 0 Å². The van der Waals surface area contributed by atoms with Crippen molar-refractivity contribution in [2.45, 2.75) is 40.0 Å². The summed E-state index contributed by atoms with van der Waals surface area (Å²) in [5, 5.41) is 3.42. The van der Waals surface area contributed by atoms with E-state index in [4.69, 9.17) is 0 Å². The molecule has 0 saturated carbocycles. The van der Waals surface area contributed by atoms with Gasteiger partial charge in [0.15, 0.2) is 0 Å². The van der Waals surface area contributed by atoms with Crippen molar-refractivity contribution >= 4 is 5.82 Å². The van der Waals surface area contributed by atoms with Crippen LogP contribution < -0.4 is 5.32 Å². The van der Waals surface area contributed by atoms with Crippen molar-refractivity contribution in [2.75, 3.05) is 32.5 Å². The third-order valence-corrected chi connectivity index (χ3v) is 2.94. The minimum absolute atomic E-state index is 0.901. The Morgan fingerprint density at radius 2 is 1.89 bits per heavy atom. The van der Waals surface area contributed by atoms with Crippen LogP contribution in [0.25, 0.3) is 0 Å². The summed E-state index contributed by atoms with van der Waals surface area (Å²) in [5.41, 5.74) is 2.36. The fourth-order valence-electron chi connectivity index (χ4n) is 1.90. The van der Waals surface area contributed by atoms with E-state index in [0.717, 1.165) is 49.7 Å². The lowest BCUT2D eigenvalue weighted by Gasteiger charge is -2.14. The van der Waals surface area contributed by atoms with Crippen LogP contribution in [0.2, 0.25) is 0 Å². The van der Waals surface area contributed by atoms with Crippen LogP contribution in [0.4, 0.5) is 5.82 Å². The van der Waals surface area contributed by atoms with Crippen LogP contribution in [0.15, 0.2) is 0 Å². The van der Waals surface area contributed by atoms with Gasteiger partial charge in [0.2, 0.25) is 0 Å². The zero-order valence-electron chi connectivity index (χ0n) is 12.4. The molecule has 4 nitrogen and oxygen atoms in total. The van der Waals surface area contributed by atoms with Crippen LogP contribution in [0, 0.1) is 6.92 Å². The third kappa shape index (κ3) is 4.26. The summed E-state index contributed by atoms with van der Waals surface area (Å²) in [6, 6.07) is 0. The minimum atomic E-state index is 0.901. The second-order valence-electron chi connectivity index (χ2n) is 4.89. The molecule has 0 aliphatic heterocycles. The van der Waals surface area contributed by atoms with Crippen LogP contribution in [-0.2, 0) is 12.8 Å². The number of hydrogen-bond donors (Lipinski definition) is 1. The zero-order chi connectivity index (χ0) is 13.5. The molecule has 18 heavy (non-hydrogen) atoms. The molecular weight excluding hydrogens is 224 g/mol. The summed E-state index contributed by atoms with van der Waals surface area (Å²) in [5.74, 6) is 1.97. The Morgan fingerprint density at radius 3 is 2.44 bits per heavy atom. The second kappa shape index (κ2) is 7.31. The van der Waals surface area contributed by atoms with E-state index in [1.54, 1.807) is 0 Å². The highest BCUT2D eigenvalue weighted by Crippen LogP contribution is 2.17. The lowest BCUT2D eigenvalue weighted by atomic mass is 10.1. The first-order valence-corrected chi connectivity index (χ1v) is 6.83. The molecule has 0 aliphatic carbocycles. The number of rotatable bonds is 7. The molecule has 4 heteroatoms. The van der Waals surface area contributed by atoms with Crippen LogP contribution >= 0.6 is 0 Å². The largest absolute Gasteiger partial charge is 0.370 e. The molecule has 1 aromatic rings. The van der Waals surface area contributed by atoms with Gasteiger partial charge in [0.05, 0.1) is 0 Å². The summed E-state index contributed by atoms with van der Waals surface area (Å²) < 4.78 is 0. The van der Waals surface area contributed by atoms with Crippen molar-refractivity contribution < 1.29 is 0 Å². The van der Waals surface area contributed by atoms with Crippen LogP contribution in [0.1, 0.15) is 37.4 Å². The molecule has 0 aromatic carbocycles. The maximum absolute atomic E-state index is 4.66. The van der Waals surface area contributed by atoms with Gasteiger partial charge in [-0.05, 0) is 33.9 Å². The van der Waals surface area contributed by atoms with Gasteiger partial charge in [0.1, 0.15) is 11.6 Å². The molecule has 1 N–H and O–H groups in total. The highest BCUT2D eigenvalue weighted by Gasteiger charge is 2.09. The first kappa shape index (κ1) is 14.9. The summed E-state index contributed by atoms with van der Waals surface area (Å²) in [4.78, 5) is 11.4. The van der Waals surface area contributed by atoms with Gasteiger partial charge in [-0.25, -0.2) is 9.97 Å². The number of nitrogens with one attached hydrogen (secondary N) is 1. The standard InChI is InChI=1S/C14H26N4/c1-6-9-15-14-12(7-2)11(3)16-13(17-14)8-10-18(4)5/h6-10H2,1-5H3,(H,15,16,17). The van der Waals surface area contributed by atoms with Crippen molar-refractivity contribution in [3.8, 4) is 0 Å². The lowest BCUT2D eigenvalue weighted by molar-refractivity contribution is 0.409. The van der Waals surface area contributed by atoms with Crippen molar-refractivity contribution in [2.24, 2.45) is 0 Å². The monoisotopic (exact) mass is 250 g/mol. The Bertz CT molecular complexity index is 374. The number of nitrogens with zero attached hydrogens (tertiary/aromatic N) is 3. The van der Waals surface area contributed by atoms with Crippen molar-refractivity contribution in [3.05, 3.63) is 17.1 Å². The molecule has 0 aliphatic rings. The smallest absolute Gasteiger partial charge is 0.133 e. The maximum Gasteiger partial charge on any atom is 0.133 e. The number of hydrogen-bond acceptors (Lipinski definition) is 4. The zero-order valence-corrected chi connectivity index (χ0v) is 12.4. The Hall–Kier alpha value is -1.16. The molecule has 0 saturated heterocycles. The predicted octanol–water partition coefficient (Wildman–Crippen LogP) is 2.27. The van der Waals surface area contributed by atoms with Gasteiger partial charge in [-0.3, -0.25) is 0 Å². The van der Waals surface area contributed by atoms with E-state index in [-0.39, 0.29) is 0 Å². The van der Waals surface area contributed by atoms with Gasteiger partial charge in [0.25, 0.3) is 0 Å². The Balaban J connectivity index is 2.90. The third-order valence-electron chi connectivity index (χ3n) is 2.94. The van der Waals surface area contributed by atoms with E-state index in [0.29, 0.717) is 0 Å². The van der Waals surface area contributed by atoms with Crippen molar-refractivity contribution in [1.29, 1.82) is 0 Å². The summed E-state index contributed by atoms with van der Waals surface area (Å²) >= 11 is 0. The van der Waals surface area contributed by atoms with Crippen LogP contribution in [-0.4, -0.2) is 42.1 Å². The Kier molecular flexibility index (Phi) is 6.05. The van der Waals surface area contributed by atoms with Gasteiger partial charge in [-0.15, -0.1) is 0 Å². The highest BCUT2D eigenvalue weighted by molar-refractivity contribution is 5.46. The SMILES string of the molecule is CCCNc1nc(CCN(C)C)nc(C)c1CC. The molecule has 1 aromatic heterocycles.